The Labute approximate surface area is 162 Å². The number of hydrogen-bond acceptors (Lipinski definition) is 5. The van der Waals surface area contributed by atoms with Gasteiger partial charge in [-0.2, -0.15) is 0 Å². The number of rotatable bonds is 5. The minimum absolute atomic E-state index is 0.0772. The molecular formula is C20H19NO3S2. The first-order chi connectivity index (χ1) is 12.5. The van der Waals surface area contributed by atoms with Crippen LogP contribution in [0.15, 0.2) is 47.4 Å². The highest BCUT2D eigenvalue weighted by atomic mass is 32.2. The third-order valence-corrected chi connectivity index (χ3v) is 5.29. The number of aryl methyl sites for hydroxylation is 1. The Bertz CT molecular complexity index is 892. The van der Waals surface area contributed by atoms with Gasteiger partial charge in [-0.25, -0.2) is 0 Å². The molecule has 2 aromatic rings. The minimum atomic E-state index is -0.132. The van der Waals surface area contributed by atoms with Crippen LogP contribution in [0.25, 0.3) is 6.08 Å². The van der Waals surface area contributed by atoms with Crippen LogP contribution in [0.5, 0.6) is 11.5 Å². The van der Waals surface area contributed by atoms with Crippen molar-refractivity contribution in [3.8, 4) is 11.5 Å². The van der Waals surface area contributed by atoms with Crippen molar-refractivity contribution in [2.75, 3.05) is 11.5 Å². The first-order valence-corrected chi connectivity index (χ1v) is 9.59. The largest absolute Gasteiger partial charge is 0.504 e. The maximum absolute atomic E-state index is 12.9. The molecule has 1 amide bonds. The van der Waals surface area contributed by atoms with Crippen LogP contribution in [0.4, 0.5) is 5.69 Å². The lowest BCUT2D eigenvalue weighted by Gasteiger charge is -2.18. The van der Waals surface area contributed by atoms with E-state index in [1.165, 1.54) is 11.8 Å². The summed E-state index contributed by atoms with van der Waals surface area (Å²) in [6, 6.07) is 12.8. The molecule has 0 unspecified atom stereocenters. The van der Waals surface area contributed by atoms with E-state index in [1.807, 2.05) is 31.2 Å². The number of benzene rings is 2. The van der Waals surface area contributed by atoms with E-state index >= 15 is 0 Å². The van der Waals surface area contributed by atoms with Gasteiger partial charge >= 0.3 is 0 Å². The lowest BCUT2D eigenvalue weighted by molar-refractivity contribution is -0.113. The predicted octanol–water partition coefficient (Wildman–Crippen LogP) is 4.76. The maximum atomic E-state index is 12.9. The van der Waals surface area contributed by atoms with E-state index in [1.54, 1.807) is 29.2 Å². The molecule has 0 aromatic heterocycles. The second-order valence-corrected chi connectivity index (χ2v) is 7.34. The Morgan fingerprint density at radius 1 is 1.23 bits per heavy atom. The maximum Gasteiger partial charge on any atom is 0.270 e. The van der Waals surface area contributed by atoms with Crippen LogP contribution in [0.1, 0.15) is 25.0 Å². The van der Waals surface area contributed by atoms with E-state index in [2.05, 4.69) is 6.92 Å². The van der Waals surface area contributed by atoms with Gasteiger partial charge in [-0.3, -0.25) is 9.69 Å². The molecule has 4 nitrogen and oxygen atoms in total. The van der Waals surface area contributed by atoms with E-state index in [0.29, 0.717) is 21.6 Å². The third-order valence-electron chi connectivity index (χ3n) is 3.99. The average Bonchev–Trinajstić information content (AvgIpc) is 2.91. The van der Waals surface area contributed by atoms with Crippen molar-refractivity contribution in [2.24, 2.45) is 0 Å². The zero-order valence-corrected chi connectivity index (χ0v) is 16.2. The molecule has 1 aliphatic heterocycles. The number of carbonyl (C=O) groups excluding carboxylic acids is 1. The lowest BCUT2D eigenvalue weighted by atomic mass is 10.1. The number of nitrogens with zero attached hydrogens (tertiary/aromatic N) is 1. The lowest BCUT2D eigenvalue weighted by Crippen LogP contribution is -2.28. The van der Waals surface area contributed by atoms with Gasteiger partial charge in [0.1, 0.15) is 0 Å². The van der Waals surface area contributed by atoms with Crippen molar-refractivity contribution in [2.45, 2.75) is 20.3 Å². The number of ether oxygens (including phenoxy) is 1. The molecule has 1 aliphatic rings. The Hall–Kier alpha value is -2.31. The summed E-state index contributed by atoms with van der Waals surface area (Å²) in [5.41, 5.74) is 2.69. The summed E-state index contributed by atoms with van der Waals surface area (Å²) in [5, 5.41) is 9.82. The monoisotopic (exact) mass is 385 g/mol. The van der Waals surface area contributed by atoms with Crippen molar-refractivity contribution < 1.29 is 14.6 Å². The zero-order valence-electron chi connectivity index (χ0n) is 14.6. The Kier molecular flexibility index (Phi) is 5.64. The summed E-state index contributed by atoms with van der Waals surface area (Å²) in [6.45, 7) is 4.35. The predicted molar refractivity (Wildman–Crippen MR) is 111 cm³/mol. The quantitative estimate of drug-likeness (QED) is 0.594. The van der Waals surface area contributed by atoms with E-state index in [9.17, 15) is 9.90 Å². The highest BCUT2D eigenvalue weighted by molar-refractivity contribution is 8.27. The molecule has 0 spiro atoms. The summed E-state index contributed by atoms with van der Waals surface area (Å²) in [6.07, 6.45) is 2.60. The molecule has 2 aromatic carbocycles. The van der Waals surface area contributed by atoms with Gasteiger partial charge < -0.3 is 9.84 Å². The fourth-order valence-corrected chi connectivity index (χ4v) is 4.03. The molecule has 0 aliphatic carbocycles. The summed E-state index contributed by atoms with van der Waals surface area (Å²) < 4.78 is 5.92. The number of aromatic hydroxyl groups is 1. The number of thioether (sulfide) groups is 1. The number of phenolic OH excluding ortho intramolecular Hbond substituents is 1. The van der Waals surface area contributed by atoms with Crippen LogP contribution in [0.2, 0.25) is 0 Å². The summed E-state index contributed by atoms with van der Waals surface area (Å²) in [4.78, 5) is 15.1. The van der Waals surface area contributed by atoms with Gasteiger partial charge in [0.15, 0.2) is 15.8 Å². The van der Waals surface area contributed by atoms with Crippen molar-refractivity contribution in [1.29, 1.82) is 0 Å². The molecule has 0 radical (unpaired) electrons. The summed E-state index contributed by atoms with van der Waals surface area (Å²) in [7, 11) is 0. The fraction of sp³-hybridized carbons (Fsp3) is 0.200. The van der Waals surface area contributed by atoms with Crippen molar-refractivity contribution >= 4 is 46.0 Å². The topological polar surface area (TPSA) is 49.8 Å². The molecule has 1 saturated heterocycles. The minimum Gasteiger partial charge on any atom is -0.504 e. The molecule has 1 N–H and O–H groups in total. The van der Waals surface area contributed by atoms with Crippen LogP contribution in [0, 0.1) is 0 Å². The molecule has 0 atom stereocenters. The zero-order chi connectivity index (χ0) is 18.7. The Morgan fingerprint density at radius 3 is 2.73 bits per heavy atom. The van der Waals surface area contributed by atoms with Gasteiger partial charge in [-0.15, -0.1) is 0 Å². The summed E-state index contributed by atoms with van der Waals surface area (Å²) in [5.74, 6) is 0.341. The molecular weight excluding hydrogens is 366 g/mol. The Morgan fingerprint density at radius 2 is 2.00 bits per heavy atom. The number of phenols is 1. The number of carbonyl (C=O) groups is 1. The number of thiocarbonyl (C=S) groups is 1. The molecule has 3 rings (SSSR count). The van der Waals surface area contributed by atoms with Crippen LogP contribution in [-0.4, -0.2) is 21.9 Å². The number of para-hydroxylation sites is 1. The first-order valence-electron chi connectivity index (χ1n) is 8.36. The van der Waals surface area contributed by atoms with Gasteiger partial charge in [0.25, 0.3) is 5.91 Å². The summed E-state index contributed by atoms with van der Waals surface area (Å²) >= 11 is 6.73. The van der Waals surface area contributed by atoms with Gasteiger partial charge in [-0.1, -0.05) is 55.2 Å². The Balaban J connectivity index is 1.94. The van der Waals surface area contributed by atoms with E-state index in [4.69, 9.17) is 17.0 Å². The van der Waals surface area contributed by atoms with Gasteiger partial charge in [0, 0.05) is 0 Å². The number of anilines is 1. The van der Waals surface area contributed by atoms with E-state index in [0.717, 1.165) is 23.2 Å². The highest BCUT2D eigenvalue weighted by Crippen LogP contribution is 2.38. The highest BCUT2D eigenvalue weighted by Gasteiger charge is 2.34. The smallest absolute Gasteiger partial charge is 0.270 e. The second-order valence-electron chi connectivity index (χ2n) is 5.66. The fourth-order valence-electron chi connectivity index (χ4n) is 2.75. The van der Waals surface area contributed by atoms with E-state index in [-0.39, 0.29) is 11.7 Å². The normalized spacial score (nSPS) is 15.8. The van der Waals surface area contributed by atoms with Crippen molar-refractivity contribution in [1.82, 2.24) is 0 Å². The molecule has 134 valence electrons. The molecule has 26 heavy (non-hydrogen) atoms. The second kappa shape index (κ2) is 7.93. The van der Waals surface area contributed by atoms with Gasteiger partial charge in [0.2, 0.25) is 0 Å². The average molecular weight is 386 g/mol. The van der Waals surface area contributed by atoms with Crippen LogP contribution < -0.4 is 9.64 Å². The number of hydrogen-bond donors (Lipinski definition) is 1. The number of amides is 1. The van der Waals surface area contributed by atoms with Gasteiger partial charge in [-0.05, 0) is 48.7 Å². The van der Waals surface area contributed by atoms with E-state index < -0.39 is 0 Å². The SMILES string of the molecule is CCOc1cc(C=C2SC(=S)N(c3ccccc3CC)C2=O)ccc1O. The molecule has 0 saturated carbocycles. The molecule has 0 bridgehead atoms. The first kappa shape index (κ1) is 18.5. The van der Waals surface area contributed by atoms with Crippen molar-refractivity contribution in [3.63, 3.8) is 0 Å². The van der Waals surface area contributed by atoms with Crippen molar-refractivity contribution in [3.05, 3.63) is 58.5 Å². The van der Waals surface area contributed by atoms with Crippen LogP contribution in [0.3, 0.4) is 0 Å². The molecule has 6 heteroatoms. The molecule has 1 fully saturated rings. The molecule has 1 heterocycles. The van der Waals surface area contributed by atoms with Crippen LogP contribution in [-0.2, 0) is 11.2 Å². The third kappa shape index (κ3) is 3.61. The standard InChI is InChI=1S/C20H19NO3S2/c1-3-14-7-5-6-8-15(14)21-19(23)18(26-20(21)25)12-13-9-10-16(22)17(11-13)24-4-2/h5-12,22H,3-4H2,1-2H3. The van der Waals surface area contributed by atoms with Gasteiger partial charge in [0.05, 0.1) is 17.2 Å². The van der Waals surface area contributed by atoms with Crippen LogP contribution >= 0.6 is 24.0 Å².